The lowest BCUT2D eigenvalue weighted by atomic mass is 9.68. The Hall–Kier alpha value is -4.74. The SMILES string of the molecule is CC(=O)O[C@H](C)[C@]1(OB(O)c2ccccc2)Cc2c(O)c3c(c(O)c2[C@@H](OB(O)c2ccccc2)C1)C(=O)c1ccccc1C3=O. The van der Waals surface area contributed by atoms with Gasteiger partial charge in [-0.2, -0.15) is 0 Å². The van der Waals surface area contributed by atoms with Crippen molar-refractivity contribution in [2.24, 2.45) is 0 Å². The molecule has 12 heteroatoms. The van der Waals surface area contributed by atoms with Gasteiger partial charge in [0.15, 0.2) is 11.6 Å². The maximum Gasteiger partial charge on any atom is 0.491 e. The number of rotatable bonds is 8. The molecule has 232 valence electrons. The molecule has 4 N–H and O–H groups in total. The molecule has 0 saturated heterocycles. The standard InChI is InChI=1S/C34H30B2O10/c1-19(44-20(2)37)34(46-36(43)22-13-7-4-8-14-22)17-25-27(26(18-34)45-35(42)21-11-5-3-6-12-21)33(41)29-28(32(25)40)30(38)23-15-9-10-16-24(23)31(29)39/h3-16,19,26,40-43H,17-18H2,1-2H3/t19-,26+,34+/m1/s1. The lowest BCUT2D eigenvalue weighted by Gasteiger charge is -2.46. The second kappa shape index (κ2) is 12.2. The Labute approximate surface area is 265 Å². The molecule has 0 amide bonds. The number of phenolic OH excluding ortho intramolecular Hbond substituents is 2. The molecule has 0 radical (unpaired) electrons. The molecule has 4 aromatic carbocycles. The topological polar surface area (TPSA) is 160 Å². The lowest BCUT2D eigenvalue weighted by molar-refractivity contribution is -0.163. The molecule has 10 nitrogen and oxygen atoms in total. The van der Waals surface area contributed by atoms with Crippen LogP contribution in [0.5, 0.6) is 11.5 Å². The summed E-state index contributed by atoms with van der Waals surface area (Å²) in [6.45, 7) is 2.76. The molecule has 0 aliphatic heterocycles. The van der Waals surface area contributed by atoms with Gasteiger partial charge in [-0.15, -0.1) is 0 Å². The second-order valence-corrected chi connectivity index (χ2v) is 11.5. The zero-order valence-electron chi connectivity index (χ0n) is 25.0. The van der Waals surface area contributed by atoms with E-state index in [-0.39, 0.29) is 46.2 Å². The number of esters is 1. The fraction of sp³-hybridized carbons (Fsp3) is 0.206. The number of hydrogen-bond acceptors (Lipinski definition) is 10. The van der Waals surface area contributed by atoms with Crippen molar-refractivity contribution in [3.05, 3.63) is 118 Å². The number of ketones is 2. The zero-order chi connectivity index (χ0) is 32.7. The van der Waals surface area contributed by atoms with E-state index in [4.69, 9.17) is 14.0 Å². The Morgan fingerprint density at radius 1 is 0.804 bits per heavy atom. The minimum atomic E-state index is -1.63. The van der Waals surface area contributed by atoms with Gasteiger partial charge < -0.3 is 34.3 Å². The highest BCUT2D eigenvalue weighted by atomic mass is 16.6. The predicted molar refractivity (Wildman–Crippen MR) is 168 cm³/mol. The summed E-state index contributed by atoms with van der Waals surface area (Å²) >= 11 is 0. The average Bonchev–Trinajstić information content (AvgIpc) is 3.05. The molecular weight excluding hydrogens is 590 g/mol. The Morgan fingerprint density at radius 3 is 1.85 bits per heavy atom. The molecule has 0 unspecified atom stereocenters. The van der Waals surface area contributed by atoms with E-state index in [9.17, 15) is 34.6 Å². The number of phenols is 2. The van der Waals surface area contributed by atoms with Crippen LogP contribution in [0.3, 0.4) is 0 Å². The number of fused-ring (bicyclic) bond motifs is 3. The van der Waals surface area contributed by atoms with E-state index in [0.717, 1.165) is 0 Å². The first-order valence-corrected chi connectivity index (χ1v) is 14.8. The third kappa shape index (κ3) is 5.39. The van der Waals surface area contributed by atoms with Crippen LogP contribution >= 0.6 is 0 Å². The normalized spacial score (nSPS) is 19.0. The van der Waals surface area contributed by atoms with Crippen LogP contribution in [0.25, 0.3) is 0 Å². The highest BCUT2D eigenvalue weighted by molar-refractivity contribution is 6.60. The van der Waals surface area contributed by atoms with Crippen LogP contribution in [0.1, 0.15) is 69.3 Å². The minimum Gasteiger partial charge on any atom is -0.507 e. The van der Waals surface area contributed by atoms with E-state index in [1.165, 1.54) is 19.1 Å². The first-order valence-electron chi connectivity index (χ1n) is 14.8. The Morgan fingerprint density at radius 2 is 1.30 bits per heavy atom. The number of benzene rings is 4. The first-order chi connectivity index (χ1) is 22.0. The van der Waals surface area contributed by atoms with E-state index in [1.54, 1.807) is 79.7 Å². The third-order valence-electron chi connectivity index (χ3n) is 8.68. The zero-order valence-corrected chi connectivity index (χ0v) is 25.0. The maximum absolute atomic E-state index is 13.7. The number of aromatic hydroxyl groups is 2. The molecule has 2 aliphatic carbocycles. The van der Waals surface area contributed by atoms with Crippen molar-refractivity contribution in [1.29, 1.82) is 0 Å². The molecule has 3 atom stereocenters. The maximum atomic E-state index is 13.7. The van der Waals surface area contributed by atoms with Crippen LogP contribution in [-0.4, -0.2) is 63.7 Å². The highest BCUT2D eigenvalue weighted by Crippen LogP contribution is 2.53. The van der Waals surface area contributed by atoms with Gasteiger partial charge in [0, 0.05) is 42.0 Å². The summed E-state index contributed by atoms with van der Waals surface area (Å²) in [4.78, 5) is 39.6. The van der Waals surface area contributed by atoms with Gasteiger partial charge in [-0.25, -0.2) is 0 Å². The third-order valence-corrected chi connectivity index (χ3v) is 8.68. The molecule has 46 heavy (non-hydrogen) atoms. The van der Waals surface area contributed by atoms with Crippen molar-refractivity contribution >= 4 is 42.7 Å². The molecular formula is C34H30B2O10. The van der Waals surface area contributed by atoms with Crippen molar-refractivity contribution in [3.63, 3.8) is 0 Å². The van der Waals surface area contributed by atoms with E-state index < -0.39 is 61.1 Å². The summed E-state index contributed by atoms with van der Waals surface area (Å²) in [5.41, 5.74) is -1.56. The van der Waals surface area contributed by atoms with Gasteiger partial charge in [0.25, 0.3) is 0 Å². The summed E-state index contributed by atoms with van der Waals surface area (Å²) < 4.78 is 18.1. The summed E-state index contributed by atoms with van der Waals surface area (Å²) in [6.07, 6.45) is -2.87. The van der Waals surface area contributed by atoms with E-state index in [2.05, 4.69) is 0 Å². The lowest BCUT2D eigenvalue weighted by Crippen LogP contribution is -2.56. The van der Waals surface area contributed by atoms with Crippen molar-refractivity contribution in [3.8, 4) is 11.5 Å². The summed E-state index contributed by atoms with van der Waals surface area (Å²) in [6, 6.07) is 23.0. The van der Waals surface area contributed by atoms with Gasteiger partial charge in [-0.3, -0.25) is 14.4 Å². The van der Waals surface area contributed by atoms with Crippen LogP contribution in [0.2, 0.25) is 0 Å². The van der Waals surface area contributed by atoms with Gasteiger partial charge in [0.2, 0.25) is 0 Å². The monoisotopic (exact) mass is 620 g/mol. The number of hydrogen-bond donors (Lipinski definition) is 4. The smallest absolute Gasteiger partial charge is 0.491 e. The van der Waals surface area contributed by atoms with Crippen LogP contribution in [0.4, 0.5) is 0 Å². The molecule has 0 heterocycles. The van der Waals surface area contributed by atoms with Crippen LogP contribution in [0, 0.1) is 0 Å². The quantitative estimate of drug-likeness (QED) is 0.115. The summed E-state index contributed by atoms with van der Waals surface area (Å²) in [5.74, 6) is -3.15. The number of carbonyl (C=O) groups is 3. The molecule has 0 fully saturated rings. The fourth-order valence-electron chi connectivity index (χ4n) is 6.42. The minimum absolute atomic E-state index is 0.0208. The van der Waals surface area contributed by atoms with Crippen molar-refractivity contribution < 1.29 is 48.7 Å². The molecule has 6 rings (SSSR count). The molecule has 0 aromatic heterocycles. The van der Waals surface area contributed by atoms with Crippen molar-refractivity contribution in [2.75, 3.05) is 0 Å². The van der Waals surface area contributed by atoms with Crippen LogP contribution in [0.15, 0.2) is 84.9 Å². The molecule has 2 aliphatic rings. The predicted octanol–water partition coefficient (Wildman–Crippen LogP) is 2.36. The van der Waals surface area contributed by atoms with E-state index in [1.807, 2.05) is 0 Å². The Bertz CT molecular complexity index is 1830. The summed E-state index contributed by atoms with van der Waals surface area (Å²) in [7, 11) is -3.09. The number of carbonyl (C=O) groups excluding carboxylic acids is 3. The largest absolute Gasteiger partial charge is 0.507 e. The van der Waals surface area contributed by atoms with Gasteiger partial charge in [-0.1, -0.05) is 84.9 Å². The van der Waals surface area contributed by atoms with Gasteiger partial charge >= 0.3 is 20.2 Å². The second-order valence-electron chi connectivity index (χ2n) is 11.5. The average molecular weight is 620 g/mol. The van der Waals surface area contributed by atoms with Crippen LogP contribution < -0.4 is 10.9 Å². The van der Waals surface area contributed by atoms with Crippen molar-refractivity contribution in [1.82, 2.24) is 0 Å². The van der Waals surface area contributed by atoms with Crippen LogP contribution in [-0.2, 0) is 25.3 Å². The van der Waals surface area contributed by atoms with Gasteiger partial charge in [0.1, 0.15) is 17.6 Å². The fourth-order valence-corrected chi connectivity index (χ4v) is 6.42. The Kier molecular flexibility index (Phi) is 8.30. The summed E-state index contributed by atoms with van der Waals surface area (Å²) in [5, 5.41) is 46.0. The first kappa shape index (κ1) is 31.3. The Balaban J connectivity index is 1.55. The molecule has 0 spiro atoms. The number of ether oxygens (including phenoxy) is 1. The highest BCUT2D eigenvalue weighted by Gasteiger charge is 2.52. The molecule has 4 aromatic rings. The molecule has 0 bridgehead atoms. The van der Waals surface area contributed by atoms with Gasteiger partial charge in [0.05, 0.1) is 22.8 Å². The van der Waals surface area contributed by atoms with Crippen molar-refractivity contribution in [2.45, 2.75) is 44.5 Å². The molecule has 0 saturated carbocycles. The van der Waals surface area contributed by atoms with E-state index >= 15 is 0 Å². The van der Waals surface area contributed by atoms with Gasteiger partial charge in [-0.05, 0) is 17.8 Å². The van der Waals surface area contributed by atoms with E-state index in [0.29, 0.717) is 10.9 Å².